The van der Waals surface area contributed by atoms with Gasteiger partial charge in [-0.1, -0.05) is 6.07 Å². The Morgan fingerprint density at radius 3 is 2.68 bits per heavy atom. The van der Waals surface area contributed by atoms with Crippen molar-refractivity contribution in [1.82, 2.24) is 4.98 Å². The number of halogens is 1. The highest BCUT2D eigenvalue weighted by Crippen LogP contribution is 2.22. The highest BCUT2D eigenvalue weighted by molar-refractivity contribution is 7.89. The summed E-state index contributed by atoms with van der Waals surface area (Å²) in [6, 6.07) is 7.25. The van der Waals surface area contributed by atoms with Gasteiger partial charge in [-0.15, -0.1) is 0 Å². The number of aryl methyl sites for hydroxylation is 1. The van der Waals surface area contributed by atoms with Gasteiger partial charge in [0.25, 0.3) is 0 Å². The summed E-state index contributed by atoms with van der Waals surface area (Å²) in [6.07, 6.45) is 1.42. The van der Waals surface area contributed by atoms with Crippen molar-refractivity contribution in [2.24, 2.45) is 5.14 Å². The Hall–Kier alpha value is -1.99. The van der Waals surface area contributed by atoms with Crippen molar-refractivity contribution < 1.29 is 12.8 Å². The molecule has 0 atom stereocenters. The molecule has 0 amide bonds. The van der Waals surface area contributed by atoms with Crippen molar-refractivity contribution in [2.75, 3.05) is 5.32 Å². The number of hydrogen-bond donors (Lipinski definition) is 2. The Labute approximate surface area is 110 Å². The van der Waals surface area contributed by atoms with E-state index in [-0.39, 0.29) is 10.7 Å². The van der Waals surface area contributed by atoms with Crippen LogP contribution in [0.5, 0.6) is 0 Å². The standard InChI is InChI=1S/C12H12FN3O2S/c1-8-4-5-9(7-10(8)13)16-12-11(19(14,17)18)3-2-6-15-12/h2-7H,1H3,(H,15,16)(H2,14,17,18). The van der Waals surface area contributed by atoms with Gasteiger partial charge in [-0.25, -0.2) is 22.9 Å². The summed E-state index contributed by atoms with van der Waals surface area (Å²) in [5.41, 5.74) is 0.893. The van der Waals surface area contributed by atoms with E-state index in [1.165, 1.54) is 24.4 Å². The molecule has 0 radical (unpaired) electrons. The van der Waals surface area contributed by atoms with Crippen molar-refractivity contribution in [3.8, 4) is 0 Å². The van der Waals surface area contributed by atoms with Gasteiger partial charge >= 0.3 is 0 Å². The van der Waals surface area contributed by atoms with E-state index in [0.717, 1.165) is 0 Å². The molecule has 2 aromatic rings. The third-order valence-corrected chi connectivity index (χ3v) is 3.45. The Bertz CT molecular complexity index is 717. The molecule has 1 aromatic carbocycles. The number of sulfonamides is 1. The molecule has 3 N–H and O–H groups in total. The van der Waals surface area contributed by atoms with E-state index in [9.17, 15) is 12.8 Å². The van der Waals surface area contributed by atoms with E-state index >= 15 is 0 Å². The Morgan fingerprint density at radius 1 is 1.32 bits per heavy atom. The molecule has 5 nitrogen and oxygen atoms in total. The lowest BCUT2D eigenvalue weighted by Crippen LogP contribution is -2.14. The van der Waals surface area contributed by atoms with Crippen LogP contribution in [0, 0.1) is 12.7 Å². The molecule has 0 aliphatic rings. The summed E-state index contributed by atoms with van der Waals surface area (Å²) in [5.74, 6) is -0.327. The van der Waals surface area contributed by atoms with E-state index in [1.54, 1.807) is 19.1 Å². The molecule has 0 saturated carbocycles. The normalized spacial score (nSPS) is 11.3. The van der Waals surface area contributed by atoms with Gasteiger partial charge in [0.2, 0.25) is 10.0 Å². The van der Waals surface area contributed by atoms with Gasteiger partial charge < -0.3 is 5.32 Å². The predicted molar refractivity (Wildman–Crippen MR) is 70.0 cm³/mol. The molecular weight excluding hydrogens is 269 g/mol. The van der Waals surface area contributed by atoms with E-state index in [0.29, 0.717) is 11.3 Å². The minimum Gasteiger partial charge on any atom is -0.339 e. The maximum absolute atomic E-state index is 13.4. The number of benzene rings is 1. The molecule has 7 heteroatoms. The smallest absolute Gasteiger partial charge is 0.241 e. The Balaban J connectivity index is 2.41. The highest BCUT2D eigenvalue weighted by atomic mass is 32.2. The zero-order chi connectivity index (χ0) is 14.0. The summed E-state index contributed by atoms with van der Waals surface area (Å²) in [4.78, 5) is 3.76. The minimum atomic E-state index is -3.89. The zero-order valence-corrected chi connectivity index (χ0v) is 10.9. The molecule has 1 aromatic heterocycles. The lowest BCUT2D eigenvalue weighted by molar-refractivity contribution is 0.598. The van der Waals surface area contributed by atoms with Crippen LogP contribution in [0.25, 0.3) is 0 Å². The van der Waals surface area contributed by atoms with Gasteiger partial charge in [-0.2, -0.15) is 0 Å². The SMILES string of the molecule is Cc1ccc(Nc2ncccc2S(N)(=O)=O)cc1F. The van der Waals surface area contributed by atoms with Crippen molar-refractivity contribution in [1.29, 1.82) is 0 Å². The fraction of sp³-hybridized carbons (Fsp3) is 0.0833. The van der Waals surface area contributed by atoms with E-state index in [1.807, 2.05) is 0 Å². The monoisotopic (exact) mass is 281 g/mol. The second-order valence-electron chi connectivity index (χ2n) is 3.98. The van der Waals surface area contributed by atoms with Crippen LogP contribution in [0.1, 0.15) is 5.56 Å². The maximum atomic E-state index is 13.4. The highest BCUT2D eigenvalue weighted by Gasteiger charge is 2.14. The summed E-state index contributed by atoms with van der Waals surface area (Å²) < 4.78 is 36.2. The first-order chi connectivity index (χ1) is 8.88. The Kier molecular flexibility index (Phi) is 3.50. The van der Waals surface area contributed by atoms with Gasteiger partial charge in [0.15, 0.2) is 5.82 Å². The average Bonchev–Trinajstić information content (AvgIpc) is 2.33. The second-order valence-corrected chi connectivity index (χ2v) is 5.51. The predicted octanol–water partition coefficient (Wildman–Crippen LogP) is 1.92. The number of anilines is 2. The molecule has 100 valence electrons. The van der Waals surface area contributed by atoms with E-state index < -0.39 is 15.8 Å². The fourth-order valence-corrected chi connectivity index (χ4v) is 2.16. The first kappa shape index (κ1) is 13.4. The van der Waals surface area contributed by atoms with Crippen LogP contribution in [-0.2, 0) is 10.0 Å². The van der Waals surface area contributed by atoms with Gasteiger partial charge in [0, 0.05) is 11.9 Å². The lowest BCUT2D eigenvalue weighted by atomic mass is 10.2. The van der Waals surface area contributed by atoms with Crippen LogP contribution in [-0.4, -0.2) is 13.4 Å². The van der Waals surface area contributed by atoms with E-state index in [2.05, 4.69) is 10.3 Å². The van der Waals surface area contributed by atoms with Gasteiger partial charge in [-0.3, -0.25) is 0 Å². The molecule has 0 aliphatic heterocycles. The summed E-state index contributed by atoms with van der Waals surface area (Å²) in [5, 5.41) is 7.82. The summed E-state index contributed by atoms with van der Waals surface area (Å²) in [7, 11) is -3.89. The van der Waals surface area contributed by atoms with Crippen LogP contribution in [0.2, 0.25) is 0 Å². The summed E-state index contributed by atoms with van der Waals surface area (Å²) in [6.45, 7) is 1.63. The number of nitrogens with zero attached hydrogens (tertiary/aromatic N) is 1. The third kappa shape index (κ3) is 3.07. The summed E-state index contributed by atoms with van der Waals surface area (Å²) >= 11 is 0. The van der Waals surface area contributed by atoms with Crippen LogP contribution in [0.4, 0.5) is 15.9 Å². The second kappa shape index (κ2) is 4.94. The number of nitrogens with one attached hydrogen (secondary N) is 1. The van der Waals surface area contributed by atoms with Crippen molar-refractivity contribution in [2.45, 2.75) is 11.8 Å². The Morgan fingerprint density at radius 2 is 2.05 bits per heavy atom. The molecule has 19 heavy (non-hydrogen) atoms. The minimum absolute atomic E-state index is 0.0632. The maximum Gasteiger partial charge on any atom is 0.241 e. The van der Waals surface area contributed by atoms with Gasteiger partial charge in [-0.05, 0) is 36.8 Å². The van der Waals surface area contributed by atoms with Crippen molar-refractivity contribution in [3.63, 3.8) is 0 Å². The number of rotatable bonds is 3. The molecular formula is C12H12FN3O2S. The topological polar surface area (TPSA) is 85.1 Å². The first-order valence-electron chi connectivity index (χ1n) is 5.39. The number of aromatic nitrogens is 1. The number of pyridine rings is 1. The molecule has 0 aliphatic carbocycles. The first-order valence-corrected chi connectivity index (χ1v) is 6.93. The molecule has 2 rings (SSSR count). The van der Waals surface area contributed by atoms with Crippen LogP contribution >= 0.6 is 0 Å². The lowest BCUT2D eigenvalue weighted by Gasteiger charge is -2.09. The van der Waals surface area contributed by atoms with E-state index in [4.69, 9.17) is 5.14 Å². The molecule has 0 bridgehead atoms. The third-order valence-electron chi connectivity index (χ3n) is 2.51. The molecule has 1 heterocycles. The largest absolute Gasteiger partial charge is 0.339 e. The van der Waals surface area contributed by atoms with Crippen molar-refractivity contribution in [3.05, 3.63) is 47.9 Å². The molecule has 0 unspecified atom stereocenters. The van der Waals surface area contributed by atoms with Gasteiger partial charge in [0.05, 0.1) is 0 Å². The van der Waals surface area contributed by atoms with Crippen molar-refractivity contribution >= 4 is 21.5 Å². The van der Waals surface area contributed by atoms with Crippen LogP contribution in [0.3, 0.4) is 0 Å². The number of nitrogens with two attached hydrogens (primary N) is 1. The zero-order valence-electron chi connectivity index (χ0n) is 10.1. The molecule has 0 fully saturated rings. The molecule has 0 spiro atoms. The van der Waals surface area contributed by atoms with Crippen LogP contribution in [0.15, 0.2) is 41.4 Å². The quantitative estimate of drug-likeness (QED) is 0.900. The average molecular weight is 281 g/mol. The number of primary sulfonamides is 1. The number of hydrogen-bond acceptors (Lipinski definition) is 4. The van der Waals surface area contributed by atoms with Crippen LogP contribution < -0.4 is 10.5 Å². The molecule has 0 saturated heterocycles. The fourth-order valence-electron chi connectivity index (χ4n) is 1.52. The van der Waals surface area contributed by atoms with Gasteiger partial charge in [0.1, 0.15) is 10.7 Å².